The van der Waals surface area contributed by atoms with Crippen molar-refractivity contribution in [1.29, 1.82) is 0 Å². The molecule has 0 saturated heterocycles. The van der Waals surface area contributed by atoms with Gasteiger partial charge in [0.05, 0.1) is 5.69 Å². The molecule has 0 saturated carbocycles. The summed E-state index contributed by atoms with van der Waals surface area (Å²) in [5.41, 5.74) is 1.89. The molecule has 0 atom stereocenters. The largest absolute Gasteiger partial charge is 0.291 e. The third kappa shape index (κ3) is 4.57. The Balaban J connectivity index is 1.59. The molecule has 0 fully saturated rings. The first-order chi connectivity index (χ1) is 12.7. The molecule has 3 aromatic heterocycles. The minimum absolute atomic E-state index is 0.414. The highest BCUT2D eigenvalue weighted by atomic mass is 32.2. The van der Waals surface area contributed by atoms with Crippen LogP contribution < -0.4 is 0 Å². The number of aryl methyl sites for hydroxylation is 2. The summed E-state index contributed by atoms with van der Waals surface area (Å²) in [6.45, 7) is 6.16. The van der Waals surface area contributed by atoms with Crippen LogP contribution in [0.15, 0.2) is 11.2 Å². The molecule has 3 rings (SSSR count). The molecular weight excluding hydrogens is 348 g/mol. The van der Waals surface area contributed by atoms with E-state index in [9.17, 15) is 0 Å². The molecule has 0 aliphatic carbocycles. The van der Waals surface area contributed by atoms with Gasteiger partial charge in [-0.3, -0.25) is 0 Å². The van der Waals surface area contributed by atoms with Gasteiger partial charge >= 0.3 is 0 Å². The molecule has 0 aromatic carbocycles. The van der Waals surface area contributed by atoms with Gasteiger partial charge in [-0.25, -0.2) is 4.68 Å². The van der Waals surface area contributed by atoms with Crippen LogP contribution in [0.25, 0.3) is 11.7 Å². The molecule has 3 aromatic rings. The van der Waals surface area contributed by atoms with Crippen LogP contribution in [-0.4, -0.2) is 45.5 Å². The summed E-state index contributed by atoms with van der Waals surface area (Å²) in [5, 5.41) is 26.2. The van der Waals surface area contributed by atoms with Crippen LogP contribution in [0, 0.1) is 13.8 Å². The molecule has 3 heterocycles. The van der Waals surface area contributed by atoms with E-state index in [0.717, 1.165) is 22.3 Å². The van der Waals surface area contributed by atoms with Crippen molar-refractivity contribution in [3.8, 4) is 5.95 Å². The molecule has 9 heteroatoms. The van der Waals surface area contributed by atoms with Gasteiger partial charge in [0, 0.05) is 11.4 Å². The number of hydrogen-bond acceptors (Lipinski definition) is 7. The minimum Gasteiger partial charge on any atom is -0.200 e. The summed E-state index contributed by atoms with van der Waals surface area (Å²) in [6.07, 6.45) is 9.10. The summed E-state index contributed by atoms with van der Waals surface area (Å²) in [7, 11) is 0. The lowest BCUT2D eigenvalue weighted by atomic mass is 10.1. The van der Waals surface area contributed by atoms with Crippen molar-refractivity contribution in [2.75, 3.05) is 5.75 Å². The van der Waals surface area contributed by atoms with E-state index in [0.29, 0.717) is 11.7 Å². The van der Waals surface area contributed by atoms with Crippen LogP contribution in [0.3, 0.4) is 0 Å². The Hall–Kier alpha value is -2.03. The summed E-state index contributed by atoms with van der Waals surface area (Å²) < 4.78 is 3.34. The third-order valence-electron chi connectivity index (χ3n) is 4.19. The number of unbranched alkanes of at least 4 members (excludes halogenated alkanes) is 6. The Kier molecular flexibility index (Phi) is 6.54. The van der Waals surface area contributed by atoms with Crippen LogP contribution in [-0.2, 0) is 0 Å². The molecule has 0 N–H and O–H groups in total. The van der Waals surface area contributed by atoms with Crippen LogP contribution in [0.4, 0.5) is 0 Å². The SMILES string of the molecule is CCCCCCCCCSc1nnc2nnc(-n3nc(C)cc3C)nn12. The molecule has 0 spiro atoms. The van der Waals surface area contributed by atoms with Crippen LogP contribution in [0.2, 0.25) is 0 Å². The van der Waals surface area contributed by atoms with Crippen LogP contribution in [0.5, 0.6) is 0 Å². The lowest BCUT2D eigenvalue weighted by Crippen LogP contribution is -2.10. The Bertz CT molecular complexity index is 841. The molecular formula is C17H26N8S. The van der Waals surface area contributed by atoms with Gasteiger partial charge in [0.25, 0.3) is 11.7 Å². The van der Waals surface area contributed by atoms with Gasteiger partial charge in [0.2, 0.25) is 5.16 Å². The Morgan fingerprint density at radius 3 is 2.35 bits per heavy atom. The zero-order valence-electron chi connectivity index (χ0n) is 15.7. The molecule has 0 aliphatic rings. The summed E-state index contributed by atoms with van der Waals surface area (Å²) in [5.74, 6) is 1.85. The number of hydrogen-bond donors (Lipinski definition) is 0. The summed E-state index contributed by atoms with van der Waals surface area (Å²) in [4.78, 5) is 0. The fourth-order valence-electron chi connectivity index (χ4n) is 2.84. The van der Waals surface area contributed by atoms with Gasteiger partial charge in [-0.2, -0.15) is 9.61 Å². The molecule has 0 unspecified atom stereocenters. The molecule has 0 bridgehead atoms. The molecule has 0 aliphatic heterocycles. The van der Waals surface area contributed by atoms with E-state index in [1.807, 2.05) is 19.9 Å². The second-order valence-electron chi connectivity index (χ2n) is 6.50. The van der Waals surface area contributed by atoms with E-state index in [2.05, 4.69) is 37.5 Å². The number of rotatable bonds is 10. The van der Waals surface area contributed by atoms with Gasteiger partial charge in [0.1, 0.15) is 0 Å². The van der Waals surface area contributed by atoms with Crippen LogP contribution >= 0.6 is 11.8 Å². The second kappa shape index (κ2) is 9.07. The lowest BCUT2D eigenvalue weighted by molar-refractivity contribution is 0.603. The third-order valence-corrected chi connectivity index (χ3v) is 5.20. The zero-order chi connectivity index (χ0) is 18.4. The maximum Gasteiger partial charge on any atom is 0.291 e. The maximum absolute atomic E-state index is 4.53. The Morgan fingerprint density at radius 1 is 0.885 bits per heavy atom. The zero-order valence-corrected chi connectivity index (χ0v) is 16.5. The number of nitrogens with zero attached hydrogens (tertiary/aromatic N) is 8. The van der Waals surface area contributed by atoms with E-state index in [4.69, 9.17) is 0 Å². The fourth-order valence-corrected chi connectivity index (χ4v) is 3.71. The van der Waals surface area contributed by atoms with Gasteiger partial charge in [-0.15, -0.1) is 25.5 Å². The average molecular weight is 375 g/mol. The molecule has 0 amide bonds. The quantitative estimate of drug-likeness (QED) is 0.396. The monoisotopic (exact) mass is 374 g/mol. The van der Waals surface area contributed by atoms with Crippen molar-refractivity contribution in [3.63, 3.8) is 0 Å². The molecule has 140 valence electrons. The molecule has 26 heavy (non-hydrogen) atoms. The fraction of sp³-hybridized carbons (Fsp3) is 0.647. The highest BCUT2D eigenvalue weighted by molar-refractivity contribution is 7.99. The first kappa shape index (κ1) is 18.8. The van der Waals surface area contributed by atoms with E-state index >= 15 is 0 Å². The predicted molar refractivity (Wildman–Crippen MR) is 102 cm³/mol. The van der Waals surface area contributed by atoms with Crippen molar-refractivity contribution in [3.05, 3.63) is 17.5 Å². The van der Waals surface area contributed by atoms with E-state index < -0.39 is 0 Å². The first-order valence-electron chi connectivity index (χ1n) is 9.31. The Labute approximate surface area is 157 Å². The second-order valence-corrected chi connectivity index (χ2v) is 7.57. The highest BCUT2D eigenvalue weighted by Gasteiger charge is 2.13. The number of aromatic nitrogens is 8. The van der Waals surface area contributed by atoms with E-state index in [1.54, 1.807) is 21.0 Å². The van der Waals surface area contributed by atoms with Crippen LogP contribution in [0.1, 0.15) is 63.3 Å². The predicted octanol–water partition coefficient (Wildman–Crippen LogP) is 3.56. The lowest BCUT2D eigenvalue weighted by Gasteiger charge is -2.03. The standard InChI is InChI=1S/C17H26N8S/c1-4-5-6-7-8-9-10-11-26-17-21-19-15-18-20-16(23-25(15)17)24-14(3)12-13(2)22-24/h12H,4-11H2,1-3H3. The van der Waals surface area contributed by atoms with Crippen molar-refractivity contribution in [2.45, 2.75) is 70.9 Å². The number of fused-ring (bicyclic) bond motifs is 1. The van der Waals surface area contributed by atoms with Gasteiger partial charge in [-0.1, -0.05) is 57.2 Å². The van der Waals surface area contributed by atoms with Gasteiger partial charge in [0.15, 0.2) is 0 Å². The highest BCUT2D eigenvalue weighted by Crippen LogP contribution is 2.18. The van der Waals surface area contributed by atoms with E-state index in [-0.39, 0.29) is 0 Å². The molecule has 0 radical (unpaired) electrons. The smallest absolute Gasteiger partial charge is 0.200 e. The van der Waals surface area contributed by atoms with Crippen molar-refractivity contribution >= 4 is 17.5 Å². The summed E-state index contributed by atoms with van der Waals surface area (Å²) >= 11 is 1.67. The van der Waals surface area contributed by atoms with Gasteiger partial charge < -0.3 is 0 Å². The van der Waals surface area contributed by atoms with Crippen molar-refractivity contribution in [1.82, 2.24) is 39.8 Å². The van der Waals surface area contributed by atoms with Gasteiger partial charge in [-0.05, 0) is 26.3 Å². The Morgan fingerprint density at radius 2 is 1.62 bits per heavy atom. The normalized spacial score (nSPS) is 11.5. The average Bonchev–Trinajstić information content (AvgIpc) is 3.19. The van der Waals surface area contributed by atoms with E-state index in [1.165, 1.54) is 44.9 Å². The maximum atomic E-state index is 4.53. The van der Waals surface area contributed by atoms with Crippen molar-refractivity contribution in [2.24, 2.45) is 0 Å². The summed E-state index contributed by atoms with van der Waals surface area (Å²) in [6, 6.07) is 1.98. The first-order valence-corrected chi connectivity index (χ1v) is 10.3. The minimum atomic E-state index is 0.414. The topological polar surface area (TPSA) is 86.7 Å². The number of thioether (sulfide) groups is 1. The van der Waals surface area contributed by atoms with Crippen molar-refractivity contribution < 1.29 is 0 Å². The molecule has 8 nitrogen and oxygen atoms in total.